The van der Waals surface area contributed by atoms with Gasteiger partial charge in [0.25, 0.3) is 5.91 Å². The molecule has 1 N–H and O–H groups in total. The van der Waals surface area contributed by atoms with Gasteiger partial charge in [-0.25, -0.2) is 4.79 Å². The van der Waals surface area contributed by atoms with Crippen LogP contribution in [0.4, 0.5) is 5.69 Å². The van der Waals surface area contributed by atoms with Crippen molar-refractivity contribution in [2.24, 2.45) is 5.92 Å². The zero-order valence-electron chi connectivity index (χ0n) is 11.6. The van der Waals surface area contributed by atoms with Gasteiger partial charge < -0.3 is 14.4 Å². The Balaban J connectivity index is 2.23. The predicted octanol–water partition coefficient (Wildman–Crippen LogP) is 0.629. The summed E-state index contributed by atoms with van der Waals surface area (Å²) in [5.74, 6) is -2.52. The van der Waals surface area contributed by atoms with Crippen LogP contribution in [0, 0.1) is 11.3 Å². The number of hydrogen-bond acceptors (Lipinski definition) is 6. The molecule has 1 aliphatic heterocycles. The van der Waals surface area contributed by atoms with E-state index in [-0.39, 0.29) is 12.3 Å². The number of rotatable bonds is 3. The second kappa shape index (κ2) is 5.74. The Bertz CT molecular complexity index is 608. The molecule has 0 bridgehead atoms. The van der Waals surface area contributed by atoms with Crippen molar-refractivity contribution < 1.29 is 23.9 Å². The van der Waals surface area contributed by atoms with Gasteiger partial charge in [-0.1, -0.05) is 0 Å². The Labute approximate surface area is 121 Å². The standard InChI is InChI=1S/C14H14N2O5/c1-20-13(18)8-3-5-9(6-4-8)16-7-10(14(19)21-2)11(15)12(16)17/h3-6,10,15H,7H2,1-2H3/t10-/m0/s1. The minimum atomic E-state index is -0.886. The van der Waals surface area contributed by atoms with Crippen molar-refractivity contribution in [3.63, 3.8) is 0 Å². The van der Waals surface area contributed by atoms with Crippen molar-refractivity contribution in [1.29, 1.82) is 5.41 Å². The van der Waals surface area contributed by atoms with E-state index in [1.165, 1.54) is 31.3 Å². The molecule has 0 aliphatic carbocycles. The molecule has 1 aliphatic rings. The Morgan fingerprint density at radius 2 is 1.81 bits per heavy atom. The summed E-state index contributed by atoms with van der Waals surface area (Å²) >= 11 is 0. The Morgan fingerprint density at radius 3 is 2.33 bits per heavy atom. The molecule has 1 aromatic carbocycles. The third kappa shape index (κ3) is 2.62. The van der Waals surface area contributed by atoms with Crippen LogP contribution in [-0.4, -0.2) is 44.3 Å². The highest BCUT2D eigenvalue weighted by molar-refractivity contribution is 6.48. The van der Waals surface area contributed by atoms with E-state index in [2.05, 4.69) is 9.47 Å². The van der Waals surface area contributed by atoms with Crippen LogP contribution in [0.25, 0.3) is 0 Å². The molecular weight excluding hydrogens is 276 g/mol. The number of benzene rings is 1. The predicted molar refractivity (Wildman–Crippen MR) is 73.4 cm³/mol. The number of methoxy groups -OCH3 is 2. The summed E-state index contributed by atoms with van der Waals surface area (Å²) in [6.45, 7) is 0.0575. The van der Waals surface area contributed by atoms with Crippen LogP contribution < -0.4 is 4.90 Å². The summed E-state index contributed by atoms with van der Waals surface area (Å²) in [7, 11) is 2.50. The normalized spacial score (nSPS) is 17.8. The largest absolute Gasteiger partial charge is 0.468 e. The molecule has 0 radical (unpaired) electrons. The van der Waals surface area contributed by atoms with Gasteiger partial charge >= 0.3 is 11.9 Å². The van der Waals surface area contributed by atoms with Crippen molar-refractivity contribution in [2.75, 3.05) is 25.7 Å². The molecule has 21 heavy (non-hydrogen) atoms. The summed E-state index contributed by atoms with van der Waals surface area (Å²) in [6.07, 6.45) is 0. The number of hydrogen-bond donors (Lipinski definition) is 1. The molecule has 1 atom stereocenters. The number of anilines is 1. The summed E-state index contributed by atoms with van der Waals surface area (Å²) in [5.41, 5.74) is 0.565. The number of carbonyl (C=O) groups excluding carboxylic acids is 3. The smallest absolute Gasteiger partial charge is 0.337 e. The molecule has 1 saturated heterocycles. The fraction of sp³-hybridized carbons (Fsp3) is 0.286. The molecule has 0 saturated carbocycles. The van der Waals surface area contributed by atoms with Crippen LogP contribution >= 0.6 is 0 Å². The number of nitrogens with zero attached hydrogens (tertiary/aromatic N) is 1. The van der Waals surface area contributed by atoms with Crippen molar-refractivity contribution >= 4 is 29.2 Å². The van der Waals surface area contributed by atoms with E-state index in [4.69, 9.17) is 5.41 Å². The van der Waals surface area contributed by atoms with Gasteiger partial charge in [-0.2, -0.15) is 0 Å². The van der Waals surface area contributed by atoms with Gasteiger partial charge in [0.1, 0.15) is 11.6 Å². The summed E-state index contributed by atoms with van der Waals surface area (Å²) < 4.78 is 9.17. The van der Waals surface area contributed by atoms with Crippen LogP contribution in [0.3, 0.4) is 0 Å². The lowest BCUT2D eigenvalue weighted by Crippen LogP contribution is -2.26. The molecular formula is C14H14N2O5. The first kappa shape index (κ1) is 14.7. The van der Waals surface area contributed by atoms with Gasteiger partial charge in [0.2, 0.25) is 0 Å². The zero-order valence-corrected chi connectivity index (χ0v) is 11.6. The summed E-state index contributed by atoms with van der Waals surface area (Å²) in [4.78, 5) is 36.2. The second-order valence-electron chi connectivity index (χ2n) is 4.44. The molecule has 1 aromatic rings. The highest BCUT2D eigenvalue weighted by Gasteiger charge is 2.41. The van der Waals surface area contributed by atoms with Crippen LogP contribution in [0.5, 0.6) is 0 Å². The molecule has 0 unspecified atom stereocenters. The van der Waals surface area contributed by atoms with Gasteiger partial charge in [-0.05, 0) is 24.3 Å². The van der Waals surface area contributed by atoms with E-state index in [1.807, 2.05) is 0 Å². The monoisotopic (exact) mass is 290 g/mol. The molecule has 1 amide bonds. The maximum atomic E-state index is 12.0. The molecule has 1 heterocycles. The van der Waals surface area contributed by atoms with E-state index in [0.717, 1.165) is 0 Å². The van der Waals surface area contributed by atoms with Crippen molar-refractivity contribution in [2.45, 2.75) is 0 Å². The molecule has 1 fully saturated rings. The number of amides is 1. The molecule has 0 spiro atoms. The molecule has 0 aromatic heterocycles. The lowest BCUT2D eigenvalue weighted by Gasteiger charge is -2.15. The van der Waals surface area contributed by atoms with E-state index < -0.39 is 23.8 Å². The lowest BCUT2D eigenvalue weighted by molar-refractivity contribution is -0.142. The van der Waals surface area contributed by atoms with Gasteiger partial charge in [0.15, 0.2) is 0 Å². The number of esters is 2. The fourth-order valence-electron chi connectivity index (χ4n) is 2.10. The Hall–Kier alpha value is -2.70. The third-order valence-electron chi connectivity index (χ3n) is 3.27. The molecule has 7 nitrogen and oxygen atoms in total. The minimum Gasteiger partial charge on any atom is -0.468 e. The lowest BCUT2D eigenvalue weighted by atomic mass is 10.1. The first-order valence-corrected chi connectivity index (χ1v) is 6.16. The fourth-order valence-corrected chi connectivity index (χ4v) is 2.10. The van der Waals surface area contributed by atoms with Gasteiger partial charge in [-0.15, -0.1) is 0 Å². The first-order chi connectivity index (χ1) is 9.99. The average molecular weight is 290 g/mol. The van der Waals surface area contributed by atoms with Crippen molar-refractivity contribution in [1.82, 2.24) is 0 Å². The average Bonchev–Trinajstić information content (AvgIpc) is 2.82. The minimum absolute atomic E-state index is 0.0575. The van der Waals surface area contributed by atoms with Crippen LogP contribution in [-0.2, 0) is 19.1 Å². The van der Waals surface area contributed by atoms with Gasteiger partial charge in [0, 0.05) is 12.2 Å². The Kier molecular flexibility index (Phi) is 4.02. The van der Waals surface area contributed by atoms with E-state index in [0.29, 0.717) is 11.3 Å². The summed E-state index contributed by atoms with van der Waals surface area (Å²) in [6, 6.07) is 6.17. The van der Waals surface area contributed by atoms with Gasteiger partial charge in [0.05, 0.1) is 19.8 Å². The van der Waals surface area contributed by atoms with E-state index >= 15 is 0 Å². The van der Waals surface area contributed by atoms with Crippen molar-refractivity contribution in [3.05, 3.63) is 29.8 Å². The maximum absolute atomic E-state index is 12.0. The van der Waals surface area contributed by atoms with Crippen LogP contribution in [0.2, 0.25) is 0 Å². The topological polar surface area (TPSA) is 96.8 Å². The van der Waals surface area contributed by atoms with Crippen LogP contribution in [0.15, 0.2) is 24.3 Å². The SMILES string of the molecule is COC(=O)c1ccc(N2C[C@H](C(=O)OC)C(=N)C2=O)cc1. The number of carbonyl (C=O) groups is 3. The first-order valence-electron chi connectivity index (χ1n) is 6.16. The number of nitrogens with one attached hydrogen (secondary N) is 1. The zero-order chi connectivity index (χ0) is 15.6. The van der Waals surface area contributed by atoms with Crippen LogP contribution in [0.1, 0.15) is 10.4 Å². The quantitative estimate of drug-likeness (QED) is 0.823. The maximum Gasteiger partial charge on any atom is 0.337 e. The van der Waals surface area contributed by atoms with Gasteiger partial charge in [-0.3, -0.25) is 15.0 Å². The second-order valence-corrected chi connectivity index (χ2v) is 4.44. The highest BCUT2D eigenvalue weighted by atomic mass is 16.5. The molecule has 110 valence electrons. The molecule has 7 heteroatoms. The Morgan fingerprint density at radius 1 is 1.19 bits per heavy atom. The molecule has 2 rings (SSSR count). The number of ether oxygens (including phenoxy) is 2. The summed E-state index contributed by atoms with van der Waals surface area (Å²) in [5, 5.41) is 7.70. The van der Waals surface area contributed by atoms with E-state index in [1.54, 1.807) is 12.1 Å². The third-order valence-corrected chi connectivity index (χ3v) is 3.27. The van der Waals surface area contributed by atoms with E-state index in [9.17, 15) is 14.4 Å². The van der Waals surface area contributed by atoms with Crippen molar-refractivity contribution in [3.8, 4) is 0 Å². The highest BCUT2D eigenvalue weighted by Crippen LogP contribution is 2.24.